The van der Waals surface area contributed by atoms with E-state index in [1.54, 1.807) is 4.57 Å². The number of nitrogens with zero attached hydrogens (tertiary/aromatic N) is 3. The van der Waals surface area contributed by atoms with Crippen LogP contribution in [0.15, 0.2) is 53.3 Å². The summed E-state index contributed by atoms with van der Waals surface area (Å²) >= 11 is 0. The molecule has 1 atom stereocenters. The van der Waals surface area contributed by atoms with Crippen LogP contribution < -0.4 is 11.0 Å². The smallest absolute Gasteiger partial charge is 0.316 e. The molecule has 1 saturated heterocycles. The van der Waals surface area contributed by atoms with Gasteiger partial charge in [-0.1, -0.05) is 24.3 Å². The van der Waals surface area contributed by atoms with Gasteiger partial charge < -0.3 is 5.32 Å². The van der Waals surface area contributed by atoms with Crippen molar-refractivity contribution in [3.8, 4) is 5.69 Å². The van der Waals surface area contributed by atoms with E-state index in [2.05, 4.69) is 10.4 Å². The van der Waals surface area contributed by atoms with E-state index in [0.29, 0.717) is 5.82 Å². The van der Waals surface area contributed by atoms with Gasteiger partial charge in [-0.2, -0.15) is 5.10 Å². The molecular weight excluding hydrogens is 350 g/mol. The number of nitrogens with one attached hydrogen (secondary N) is 1. The lowest BCUT2D eigenvalue weighted by molar-refractivity contribution is 0.439. The van der Waals surface area contributed by atoms with Crippen LogP contribution in [0.3, 0.4) is 0 Å². The summed E-state index contributed by atoms with van der Waals surface area (Å²) in [6, 6.07) is 12.7. The van der Waals surface area contributed by atoms with E-state index in [-0.39, 0.29) is 23.7 Å². The molecule has 2 heterocycles. The van der Waals surface area contributed by atoms with Crippen molar-refractivity contribution in [1.29, 1.82) is 0 Å². The molecule has 1 fully saturated rings. The van der Waals surface area contributed by atoms with E-state index in [4.69, 9.17) is 0 Å². The van der Waals surface area contributed by atoms with E-state index >= 15 is 0 Å². The van der Waals surface area contributed by atoms with Crippen molar-refractivity contribution in [1.82, 2.24) is 19.7 Å². The average Bonchev–Trinajstić information content (AvgIpc) is 3.02. The monoisotopic (exact) mass is 370 g/mol. The van der Waals surface area contributed by atoms with Gasteiger partial charge in [0.05, 0.1) is 12.2 Å². The van der Waals surface area contributed by atoms with Crippen molar-refractivity contribution in [3.05, 3.63) is 82.0 Å². The first kappa shape index (κ1) is 17.6. The number of hydrogen-bond acceptors (Lipinski definition) is 3. The molecule has 0 spiro atoms. The minimum Gasteiger partial charge on any atom is -0.316 e. The molecule has 0 unspecified atom stereocenters. The van der Waals surface area contributed by atoms with Crippen LogP contribution in [0.2, 0.25) is 0 Å². The highest BCUT2D eigenvalue weighted by molar-refractivity contribution is 5.33. The van der Waals surface area contributed by atoms with Crippen molar-refractivity contribution >= 4 is 0 Å². The lowest BCUT2D eigenvalue weighted by Gasteiger charge is -2.22. The summed E-state index contributed by atoms with van der Waals surface area (Å²) in [5, 5.41) is 7.87. The zero-order valence-corrected chi connectivity index (χ0v) is 14.7. The lowest BCUT2D eigenvalue weighted by atomic mass is 9.99. The predicted molar refractivity (Wildman–Crippen MR) is 98.1 cm³/mol. The Kier molecular flexibility index (Phi) is 4.85. The SMILES string of the molecule is O=c1n(Cc2ccc(F)cc2F)nc([C@H]2CCCNC2)n1-c1ccccc1. The zero-order chi connectivity index (χ0) is 18.8. The van der Waals surface area contributed by atoms with Gasteiger partial charge >= 0.3 is 5.69 Å². The minimum absolute atomic E-state index is 0.0437. The fourth-order valence-electron chi connectivity index (χ4n) is 3.50. The van der Waals surface area contributed by atoms with Crippen LogP contribution in [-0.2, 0) is 6.54 Å². The fraction of sp³-hybridized carbons (Fsp3) is 0.300. The topological polar surface area (TPSA) is 51.9 Å². The quantitative estimate of drug-likeness (QED) is 0.768. The molecule has 2 aromatic carbocycles. The van der Waals surface area contributed by atoms with Crippen LogP contribution >= 0.6 is 0 Å². The minimum atomic E-state index is -0.683. The summed E-state index contributed by atoms with van der Waals surface area (Å²) in [6.07, 6.45) is 1.94. The molecule has 1 aromatic heterocycles. The maximum atomic E-state index is 14.1. The molecule has 1 N–H and O–H groups in total. The van der Waals surface area contributed by atoms with E-state index in [1.807, 2.05) is 30.3 Å². The number of halogens is 2. The van der Waals surface area contributed by atoms with Gasteiger partial charge in [0.15, 0.2) is 0 Å². The van der Waals surface area contributed by atoms with Gasteiger partial charge in [0.1, 0.15) is 17.5 Å². The lowest BCUT2D eigenvalue weighted by Crippen LogP contribution is -2.31. The van der Waals surface area contributed by atoms with Gasteiger partial charge in [0.2, 0.25) is 0 Å². The number of benzene rings is 2. The highest BCUT2D eigenvalue weighted by Gasteiger charge is 2.25. The second-order valence-corrected chi connectivity index (χ2v) is 6.75. The first-order valence-electron chi connectivity index (χ1n) is 9.03. The first-order chi connectivity index (χ1) is 13.1. The first-order valence-corrected chi connectivity index (χ1v) is 9.03. The van der Waals surface area contributed by atoms with E-state index in [1.165, 1.54) is 16.8 Å². The number of hydrogen-bond donors (Lipinski definition) is 1. The number of para-hydroxylation sites is 1. The molecule has 0 bridgehead atoms. The Hall–Kier alpha value is -2.80. The molecule has 5 nitrogen and oxygen atoms in total. The van der Waals surface area contributed by atoms with Gasteiger partial charge in [-0.05, 0) is 37.6 Å². The van der Waals surface area contributed by atoms with Crippen molar-refractivity contribution in [3.63, 3.8) is 0 Å². The average molecular weight is 370 g/mol. The highest BCUT2D eigenvalue weighted by Crippen LogP contribution is 2.23. The molecule has 140 valence electrons. The van der Waals surface area contributed by atoms with Crippen molar-refractivity contribution < 1.29 is 8.78 Å². The molecule has 3 aromatic rings. The number of aromatic nitrogens is 3. The molecular formula is C20H20F2N4O. The Bertz CT molecular complexity index is 991. The van der Waals surface area contributed by atoms with Crippen molar-refractivity contribution in [2.45, 2.75) is 25.3 Å². The van der Waals surface area contributed by atoms with Gasteiger partial charge in [-0.25, -0.2) is 22.8 Å². The summed E-state index contributed by atoms with van der Waals surface area (Å²) in [5.41, 5.74) is 0.629. The summed E-state index contributed by atoms with van der Waals surface area (Å²) in [6.45, 7) is 1.65. The van der Waals surface area contributed by atoms with Gasteiger partial charge in [-0.3, -0.25) is 0 Å². The highest BCUT2D eigenvalue weighted by atomic mass is 19.1. The Morgan fingerprint density at radius 1 is 1.15 bits per heavy atom. The fourth-order valence-corrected chi connectivity index (χ4v) is 3.50. The van der Waals surface area contributed by atoms with Gasteiger partial charge in [-0.15, -0.1) is 0 Å². The Labute approximate surface area is 155 Å². The molecule has 0 amide bonds. The van der Waals surface area contributed by atoms with Crippen LogP contribution in [0.25, 0.3) is 5.69 Å². The molecule has 0 radical (unpaired) electrons. The third-order valence-electron chi connectivity index (χ3n) is 4.88. The summed E-state index contributed by atoms with van der Waals surface area (Å²) in [5.74, 6) is -0.559. The molecule has 1 aliphatic rings. The predicted octanol–water partition coefficient (Wildman–Crippen LogP) is 2.83. The summed E-state index contributed by atoms with van der Waals surface area (Å²) < 4.78 is 30.1. The summed E-state index contributed by atoms with van der Waals surface area (Å²) in [7, 11) is 0. The third kappa shape index (κ3) is 3.55. The number of rotatable bonds is 4. The van der Waals surface area contributed by atoms with Crippen LogP contribution in [0.5, 0.6) is 0 Å². The van der Waals surface area contributed by atoms with Crippen LogP contribution in [0, 0.1) is 11.6 Å². The second-order valence-electron chi connectivity index (χ2n) is 6.75. The molecule has 7 heteroatoms. The van der Waals surface area contributed by atoms with Crippen LogP contribution in [0.1, 0.15) is 30.1 Å². The molecule has 1 aliphatic heterocycles. The zero-order valence-electron chi connectivity index (χ0n) is 14.7. The van der Waals surface area contributed by atoms with Crippen molar-refractivity contribution in [2.24, 2.45) is 0 Å². The Balaban J connectivity index is 1.78. The maximum Gasteiger partial charge on any atom is 0.350 e. The third-order valence-corrected chi connectivity index (χ3v) is 4.88. The Morgan fingerprint density at radius 3 is 2.67 bits per heavy atom. The van der Waals surface area contributed by atoms with Crippen LogP contribution in [-0.4, -0.2) is 27.4 Å². The molecule has 4 rings (SSSR count). The largest absolute Gasteiger partial charge is 0.350 e. The van der Waals surface area contributed by atoms with E-state index in [0.717, 1.165) is 37.7 Å². The van der Waals surface area contributed by atoms with Crippen molar-refractivity contribution in [2.75, 3.05) is 13.1 Å². The molecule has 0 aliphatic carbocycles. The second kappa shape index (κ2) is 7.44. The molecule has 0 saturated carbocycles. The standard InChI is InChI=1S/C20H20F2N4O/c21-16-9-8-15(18(22)11-16)13-25-20(27)26(17-6-2-1-3-7-17)19(24-25)14-5-4-10-23-12-14/h1-3,6-9,11,14,23H,4-5,10,12-13H2/t14-/m0/s1. The summed E-state index contributed by atoms with van der Waals surface area (Å²) in [4.78, 5) is 13.1. The van der Waals surface area contributed by atoms with Gasteiger partial charge in [0.25, 0.3) is 0 Å². The Morgan fingerprint density at radius 2 is 1.96 bits per heavy atom. The maximum absolute atomic E-state index is 14.1. The number of piperidine rings is 1. The van der Waals surface area contributed by atoms with E-state index in [9.17, 15) is 13.6 Å². The van der Waals surface area contributed by atoms with Crippen LogP contribution in [0.4, 0.5) is 8.78 Å². The van der Waals surface area contributed by atoms with Gasteiger partial charge in [0, 0.05) is 24.1 Å². The van der Waals surface area contributed by atoms with E-state index < -0.39 is 11.6 Å². The normalized spacial score (nSPS) is 17.2. The molecule has 27 heavy (non-hydrogen) atoms.